The van der Waals surface area contributed by atoms with Gasteiger partial charge in [0.2, 0.25) is 0 Å². The highest BCUT2D eigenvalue weighted by molar-refractivity contribution is 7.11. The number of nitrogens with zero attached hydrogens (tertiary/aromatic N) is 3. The second-order valence-electron chi connectivity index (χ2n) is 8.08. The smallest absolute Gasteiger partial charge is 0.345 e. The zero-order valence-electron chi connectivity index (χ0n) is 20.6. The lowest BCUT2D eigenvalue weighted by atomic mass is 10.1. The molecule has 0 bridgehead atoms. The molecular formula is C28H26N4O4S. The quantitative estimate of drug-likeness (QED) is 0.170. The minimum atomic E-state index is -0.483. The molecule has 0 saturated carbocycles. The summed E-state index contributed by atoms with van der Waals surface area (Å²) in [5.41, 5.74) is 2.26. The maximum absolute atomic E-state index is 12.5. The summed E-state index contributed by atoms with van der Waals surface area (Å²) in [7, 11) is 0. The van der Waals surface area contributed by atoms with E-state index in [0.717, 1.165) is 18.5 Å². The zero-order valence-corrected chi connectivity index (χ0v) is 21.4. The molecule has 1 N–H and O–H groups in total. The zero-order chi connectivity index (χ0) is 26.2. The van der Waals surface area contributed by atoms with Crippen LogP contribution in [-0.2, 0) is 4.74 Å². The van der Waals surface area contributed by atoms with E-state index >= 15 is 0 Å². The van der Waals surface area contributed by atoms with Crippen molar-refractivity contribution in [3.05, 3.63) is 87.2 Å². The molecule has 0 unspecified atom stereocenters. The van der Waals surface area contributed by atoms with Crippen molar-refractivity contribution in [2.75, 3.05) is 31.6 Å². The van der Waals surface area contributed by atoms with Gasteiger partial charge in [-0.25, -0.2) is 14.6 Å². The van der Waals surface area contributed by atoms with Crippen LogP contribution in [-0.4, -0.2) is 42.1 Å². The average Bonchev–Trinajstić information content (AvgIpc) is 3.41. The van der Waals surface area contributed by atoms with Crippen molar-refractivity contribution in [1.29, 1.82) is 5.26 Å². The Hall–Kier alpha value is -4.26. The second-order valence-corrected chi connectivity index (χ2v) is 8.94. The Morgan fingerprint density at radius 3 is 2.68 bits per heavy atom. The third-order valence-electron chi connectivity index (χ3n) is 5.81. The Labute approximate surface area is 218 Å². The summed E-state index contributed by atoms with van der Waals surface area (Å²) in [6, 6.07) is 17.9. The number of carbonyl (C=O) groups is 1. The predicted molar refractivity (Wildman–Crippen MR) is 145 cm³/mol. The molecule has 8 nitrogen and oxygen atoms in total. The Kier molecular flexibility index (Phi) is 8.46. The van der Waals surface area contributed by atoms with E-state index in [2.05, 4.69) is 35.1 Å². The summed E-state index contributed by atoms with van der Waals surface area (Å²) in [4.78, 5) is 31.4. The number of esters is 1. The first kappa shape index (κ1) is 25.8. The molecule has 9 heteroatoms. The summed E-state index contributed by atoms with van der Waals surface area (Å²) >= 11 is 1.26. The molecule has 0 spiro atoms. The van der Waals surface area contributed by atoms with Gasteiger partial charge in [-0.05, 0) is 49.5 Å². The lowest BCUT2D eigenvalue weighted by molar-refractivity contribution is 0.0466. The van der Waals surface area contributed by atoms with E-state index in [1.54, 1.807) is 54.0 Å². The van der Waals surface area contributed by atoms with Gasteiger partial charge in [0.25, 0.3) is 0 Å². The Bertz CT molecular complexity index is 1510. The normalized spacial score (nSPS) is 11.5. The highest BCUT2D eigenvalue weighted by Crippen LogP contribution is 2.26. The van der Waals surface area contributed by atoms with Crippen molar-refractivity contribution in [3.63, 3.8) is 0 Å². The molecule has 0 radical (unpaired) electrons. The second kappa shape index (κ2) is 12.1. The third-order valence-corrected chi connectivity index (χ3v) is 6.69. The molecule has 0 amide bonds. The molecule has 2 aromatic carbocycles. The molecule has 4 rings (SSSR count). The summed E-state index contributed by atoms with van der Waals surface area (Å²) in [6.07, 6.45) is 1.54. The lowest BCUT2D eigenvalue weighted by Gasteiger charge is -2.17. The van der Waals surface area contributed by atoms with E-state index in [4.69, 9.17) is 9.15 Å². The first-order chi connectivity index (χ1) is 18.0. The van der Waals surface area contributed by atoms with Gasteiger partial charge >= 0.3 is 11.6 Å². The van der Waals surface area contributed by atoms with Crippen molar-refractivity contribution < 1.29 is 13.9 Å². The van der Waals surface area contributed by atoms with E-state index in [9.17, 15) is 14.9 Å². The minimum Gasteiger partial charge on any atom is -0.461 e. The van der Waals surface area contributed by atoms with Gasteiger partial charge in [0.15, 0.2) is 0 Å². The fraction of sp³-hybridized carbons (Fsp3) is 0.214. The number of likely N-dealkylation sites (N-methyl/N-ethyl adjacent to an activating group) is 1. The highest BCUT2D eigenvalue weighted by Gasteiger charge is 2.14. The highest BCUT2D eigenvalue weighted by atomic mass is 32.1. The van der Waals surface area contributed by atoms with Crippen LogP contribution in [0.5, 0.6) is 0 Å². The van der Waals surface area contributed by atoms with Gasteiger partial charge in [0, 0.05) is 29.2 Å². The molecule has 0 saturated heterocycles. The lowest BCUT2D eigenvalue weighted by Crippen LogP contribution is -2.27. The van der Waals surface area contributed by atoms with Crippen molar-refractivity contribution in [1.82, 2.24) is 9.88 Å². The maximum Gasteiger partial charge on any atom is 0.345 e. The van der Waals surface area contributed by atoms with Gasteiger partial charge in [-0.1, -0.05) is 32.0 Å². The number of benzene rings is 2. The van der Waals surface area contributed by atoms with Gasteiger partial charge in [-0.2, -0.15) is 5.26 Å². The van der Waals surface area contributed by atoms with Gasteiger partial charge < -0.3 is 19.4 Å². The number of nitrogens with one attached hydrogen (secondary N) is 1. The Morgan fingerprint density at radius 1 is 1.19 bits per heavy atom. The van der Waals surface area contributed by atoms with Crippen LogP contribution in [0.4, 0.5) is 5.69 Å². The number of fused-ring (bicyclic) bond motifs is 1. The maximum atomic E-state index is 12.5. The van der Waals surface area contributed by atoms with Gasteiger partial charge in [0.05, 0.1) is 16.8 Å². The van der Waals surface area contributed by atoms with Crippen molar-refractivity contribution in [2.24, 2.45) is 0 Å². The summed E-state index contributed by atoms with van der Waals surface area (Å²) < 4.78 is 10.8. The molecule has 4 aromatic rings. The van der Waals surface area contributed by atoms with Gasteiger partial charge in [-0.15, -0.1) is 11.3 Å². The summed E-state index contributed by atoms with van der Waals surface area (Å²) in [5.74, 6) is -0.375. The summed E-state index contributed by atoms with van der Waals surface area (Å²) in [5, 5.41) is 15.7. The predicted octanol–water partition coefficient (Wildman–Crippen LogP) is 5.39. The van der Waals surface area contributed by atoms with Gasteiger partial charge in [-0.3, -0.25) is 0 Å². The van der Waals surface area contributed by atoms with Crippen molar-refractivity contribution in [3.8, 4) is 17.3 Å². The summed E-state index contributed by atoms with van der Waals surface area (Å²) in [6.45, 7) is 7.00. The molecule has 2 aromatic heterocycles. The molecule has 0 atom stereocenters. The number of hydrogen-bond donors (Lipinski definition) is 1. The molecule has 2 heterocycles. The fourth-order valence-corrected chi connectivity index (χ4v) is 4.44. The van der Waals surface area contributed by atoms with E-state index in [1.807, 2.05) is 12.1 Å². The third kappa shape index (κ3) is 6.30. The number of aromatic nitrogens is 1. The Morgan fingerprint density at radius 2 is 1.95 bits per heavy atom. The standard InChI is InChI=1S/C28H26N4O4S/c1-3-32(4-2)13-14-35-27(33)19-9-11-22(12-10-19)30-17-21(16-29)26-31-24(18-37-26)23-15-20-7-5-6-8-25(20)36-28(23)34/h5-12,15,17-18,30H,3-4,13-14H2,1-2H3/b21-17+. The molecule has 0 aliphatic carbocycles. The number of hydrogen-bond acceptors (Lipinski definition) is 9. The largest absolute Gasteiger partial charge is 0.461 e. The van der Waals surface area contributed by atoms with Crippen LogP contribution in [0.2, 0.25) is 0 Å². The minimum absolute atomic E-state index is 0.307. The Balaban J connectivity index is 1.42. The number of thiazole rings is 1. The topological polar surface area (TPSA) is 108 Å². The first-order valence-corrected chi connectivity index (χ1v) is 12.8. The van der Waals surface area contributed by atoms with E-state index in [1.165, 1.54) is 11.3 Å². The van der Waals surface area contributed by atoms with Crippen molar-refractivity contribution in [2.45, 2.75) is 13.8 Å². The van der Waals surface area contributed by atoms with E-state index < -0.39 is 5.63 Å². The van der Waals surface area contributed by atoms with Crippen LogP contribution in [0.1, 0.15) is 29.2 Å². The van der Waals surface area contributed by atoms with Crippen LogP contribution in [0.15, 0.2) is 75.4 Å². The fourth-order valence-electron chi connectivity index (χ4n) is 3.65. The molecule has 0 fully saturated rings. The van der Waals surface area contributed by atoms with Crippen LogP contribution in [0, 0.1) is 11.3 Å². The van der Waals surface area contributed by atoms with Crippen molar-refractivity contribution >= 4 is 39.5 Å². The van der Waals surface area contributed by atoms with E-state index in [-0.39, 0.29) is 5.97 Å². The number of anilines is 1. The van der Waals surface area contributed by atoms with E-state index in [0.29, 0.717) is 51.8 Å². The van der Waals surface area contributed by atoms with Gasteiger partial charge in [0.1, 0.15) is 28.8 Å². The molecule has 37 heavy (non-hydrogen) atoms. The molecule has 188 valence electrons. The number of nitriles is 1. The number of carbonyl (C=O) groups excluding carboxylic acids is 1. The number of para-hydroxylation sites is 1. The van der Waals surface area contributed by atoms with Crippen LogP contribution < -0.4 is 10.9 Å². The SMILES string of the molecule is CCN(CC)CCOC(=O)c1ccc(N/C=C(\C#N)c2nc(-c3cc4ccccc4oc3=O)cs2)cc1. The molecular weight excluding hydrogens is 488 g/mol. The number of allylic oxidation sites excluding steroid dienone is 1. The first-order valence-electron chi connectivity index (χ1n) is 11.9. The molecule has 0 aliphatic rings. The molecule has 0 aliphatic heterocycles. The average molecular weight is 515 g/mol. The van der Waals surface area contributed by atoms with Crippen LogP contribution >= 0.6 is 11.3 Å². The number of rotatable bonds is 10. The van der Waals surface area contributed by atoms with Crippen LogP contribution in [0.3, 0.4) is 0 Å². The number of ether oxygens (including phenoxy) is 1. The monoisotopic (exact) mass is 514 g/mol. The van der Waals surface area contributed by atoms with Crippen LogP contribution in [0.25, 0.3) is 27.8 Å².